The maximum Gasteiger partial charge on any atom is 0.210 e. The molecular weight excluding hydrogens is 449 g/mol. The van der Waals surface area contributed by atoms with Gasteiger partial charge in [0.15, 0.2) is 0 Å². The molecule has 1 saturated heterocycles. The van der Waals surface area contributed by atoms with Gasteiger partial charge in [0.25, 0.3) is 0 Å². The first-order valence-electron chi connectivity index (χ1n) is 11.5. The van der Waals surface area contributed by atoms with Crippen molar-refractivity contribution in [2.45, 2.75) is 50.5 Å². The van der Waals surface area contributed by atoms with Crippen LogP contribution < -0.4 is 0 Å². The molecule has 5 atom stereocenters. The predicted molar refractivity (Wildman–Crippen MR) is 129 cm³/mol. The molecule has 35 heavy (non-hydrogen) atoms. The number of hydrogen-bond donors (Lipinski definition) is 0. The molecule has 1 heterocycles. The van der Waals surface area contributed by atoms with Crippen LogP contribution in [0.3, 0.4) is 0 Å². The van der Waals surface area contributed by atoms with Crippen LogP contribution in [0.25, 0.3) is 10.4 Å². The fourth-order valence-corrected chi connectivity index (χ4v) is 3.99. The maximum atomic E-state index is 15.1. The summed E-state index contributed by atoms with van der Waals surface area (Å²) in [6.45, 7) is 0.898. The van der Waals surface area contributed by atoms with Crippen LogP contribution in [0.4, 0.5) is 4.39 Å². The van der Waals surface area contributed by atoms with E-state index < -0.39 is 30.7 Å². The normalized spacial score (nSPS) is 24.0. The van der Waals surface area contributed by atoms with Gasteiger partial charge in [-0.15, -0.1) is 0 Å². The van der Waals surface area contributed by atoms with E-state index in [1.54, 1.807) is 0 Å². The largest absolute Gasteiger partial charge is 0.374 e. The minimum Gasteiger partial charge on any atom is -0.374 e. The van der Waals surface area contributed by atoms with Crippen LogP contribution in [-0.2, 0) is 38.8 Å². The molecule has 0 N–H and O–H groups in total. The summed E-state index contributed by atoms with van der Waals surface area (Å²) < 4.78 is 38.9. The standard InChI is InChI=1S/C27H28FN3O4/c28-27-24(30-31-29)26(34-18-22-14-8-3-9-15-22)25(33-17-21-12-6-2-7-13-21)23(35-27)19-32-16-20-10-4-1-5-11-20/h1-15,23-27H,16-19H2/t23-,24-,25-,26-,27?/m1/s1. The molecule has 0 amide bonds. The number of ether oxygens (including phenoxy) is 4. The van der Waals surface area contributed by atoms with Gasteiger partial charge in [-0.25, -0.2) is 4.39 Å². The van der Waals surface area contributed by atoms with Crippen molar-refractivity contribution in [3.05, 3.63) is 118 Å². The van der Waals surface area contributed by atoms with Gasteiger partial charge in [0.2, 0.25) is 6.36 Å². The Balaban J connectivity index is 1.52. The summed E-state index contributed by atoms with van der Waals surface area (Å²) in [5, 5.41) is 3.66. The van der Waals surface area contributed by atoms with Crippen LogP contribution >= 0.6 is 0 Å². The number of nitrogens with zero attached hydrogens (tertiary/aromatic N) is 3. The lowest BCUT2D eigenvalue weighted by molar-refractivity contribution is -0.253. The third kappa shape index (κ3) is 7.11. The molecule has 1 aliphatic heterocycles. The Morgan fingerprint density at radius 3 is 1.74 bits per heavy atom. The van der Waals surface area contributed by atoms with E-state index in [4.69, 9.17) is 24.5 Å². The van der Waals surface area contributed by atoms with Crippen molar-refractivity contribution in [1.82, 2.24) is 0 Å². The highest BCUT2D eigenvalue weighted by molar-refractivity contribution is 5.15. The van der Waals surface area contributed by atoms with Gasteiger partial charge in [0.1, 0.15) is 24.4 Å². The van der Waals surface area contributed by atoms with E-state index in [9.17, 15) is 0 Å². The SMILES string of the molecule is [N-]=[N+]=N[C@H]1C(F)O[C@H](COCc2ccccc2)[C@@H](OCc2ccccc2)[C@@H]1OCc1ccccc1. The molecule has 182 valence electrons. The fourth-order valence-electron chi connectivity index (χ4n) is 3.99. The van der Waals surface area contributed by atoms with Gasteiger partial charge in [0.05, 0.1) is 26.4 Å². The van der Waals surface area contributed by atoms with Crippen LogP contribution in [0.2, 0.25) is 0 Å². The molecule has 1 fully saturated rings. The molecular formula is C27H28FN3O4. The summed E-state index contributed by atoms with van der Waals surface area (Å²) in [5.74, 6) is 0. The Bertz CT molecular complexity index is 1070. The summed E-state index contributed by atoms with van der Waals surface area (Å²) in [5.41, 5.74) is 11.9. The van der Waals surface area contributed by atoms with E-state index in [0.717, 1.165) is 16.7 Å². The van der Waals surface area contributed by atoms with Crippen molar-refractivity contribution in [1.29, 1.82) is 0 Å². The molecule has 1 unspecified atom stereocenters. The van der Waals surface area contributed by atoms with E-state index in [1.165, 1.54) is 0 Å². The Hall–Kier alpha value is -3.26. The molecule has 3 aromatic rings. The number of rotatable bonds is 11. The monoisotopic (exact) mass is 477 g/mol. The van der Waals surface area contributed by atoms with E-state index in [1.807, 2.05) is 91.0 Å². The molecule has 8 heteroatoms. The molecule has 0 aliphatic carbocycles. The van der Waals surface area contributed by atoms with Gasteiger partial charge >= 0.3 is 0 Å². The highest BCUT2D eigenvalue weighted by Crippen LogP contribution is 2.31. The molecule has 3 aromatic carbocycles. The quantitative estimate of drug-likeness (QED) is 0.200. The zero-order valence-electron chi connectivity index (χ0n) is 19.2. The molecule has 0 aromatic heterocycles. The van der Waals surface area contributed by atoms with Gasteiger partial charge in [-0.1, -0.05) is 96.1 Å². The summed E-state index contributed by atoms with van der Waals surface area (Å²) in [7, 11) is 0. The summed E-state index contributed by atoms with van der Waals surface area (Å²) in [4.78, 5) is 2.83. The first kappa shape index (κ1) is 24.9. The molecule has 0 saturated carbocycles. The lowest BCUT2D eigenvalue weighted by Crippen LogP contribution is -2.58. The topological polar surface area (TPSA) is 85.7 Å². The lowest BCUT2D eigenvalue weighted by atomic mass is 9.97. The second-order valence-electron chi connectivity index (χ2n) is 8.24. The highest BCUT2D eigenvalue weighted by Gasteiger charge is 2.47. The van der Waals surface area contributed by atoms with Gasteiger partial charge in [-0.05, 0) is 22.2 Å². The first-order chi connectivity index (χ1) is 17.2. The molecule has 0 radical (unpaired) electrons. The van der Waals surface area contributed by atoms with Gasteiger partial charge in [-0.3, -0.25) is 0 Å². The van der Waals surface area contributed by atoms with Crippen molar-refractivity contribution in [2.75, 3.05) is 6.61 Å². The molecule has 0 spiro atoms. The van der Waals surface area contributed by atoms with Crippen LogP contribution in [0.15, 0.2) is 96.1 Å². The lowest BCUT2D eigenvalue weighted by Gasteiger charge is -2.42. The van der Waals surface area contributed by atoms with Crippen LogP contribution in [-0.4, -0.2) is 37.3 Å². The zero-order chi connectivity index (χ0) is 24.3. The summed E-state index contributed by atoms with van der Waals surface area (Å²) in [6, 6.07) is 27.6. The zero-order valence-corrected chi connectivity index (χ0v) is 19.2. The summed E-state index contributed by atoms with van der Waals surface area (Å²) in [6.07, 6.45) is -4.21. The summed E-state index contributed by atoms with van der Waals surface area (Å²) >= 11 is 0. The van der Waals surface area contributed by atoms with Gasteiger partial charge in [-0.2, -0.15) is 0 Å². The van der Waals surface area contributed by atoms with Gasteiger partial charge in [0, 0.05) is 4.91 Å². The van der Waals surface area contributed by atoms with Crippen molar-refractivity contribution >= 4 is 0 Å². The van der Waals surface area contributed by atoms with Crippen LogP contribution in [0, 0.1) is 0 Å². The average Bonchev–Trinajstić information content (AvgIpc) is 2.90. The van der Waals surface area contributed by atoms with E-state index in [-0.39, 0.29) is 19.8 Å². The van der Waals surface area contributed by atoms with E-state index in [2.05, 4.69) is 10.0 Å². The van der Waals surface area contributed by atoms with Crippen molar-refractivity contribution < 1.29 is 23.3 Å². The maximum absolute atomic E-state index is 15.1. The smallest absolute Gasteiger partial charge is 0.210 e. The molecule has 0 bridgehead atoms. The Labute approximate surface area is 204 Å². The Morgan fingerprint density at radius 1 is 0.743 bits per heavy atom. The minimum absolute atomic E-state index is 0.0863. The minimum atomic E-state index is -1.85. The molecule has 4 rings (SSSR count). The average molecular weight is 478 g/mol. The van der Waals surface area contributed by atoms with Crippen LogP contribution in [0.5, 0.6) is 0 Å². The third-order valence-electron chi connectivity index (χ3n) is 5.75. The van der Waals surface area contributed by atoms with Crippen molar-refractivity contribution in [2.24, 2.45) is 5.11 Å². The number of halogens is 1. The number of azide groups is 1. The Kier molecular flexibility index (Phi) is 9.23. The number of alkyl halides is 1. The molecule has 1 aliphatic rings. The van der Waals surface area contributed by atoms with Gasteiger partial charge < -0.3 is 18.9 Å². The fraction of sp³-hybridized carbons (Fsp3) is 0.333. The van der Waals surface area contributed by atoms with Crippen LogP contribution in [0.1, 0.15) is 16.7 Å². The highest BCUT2D eigenvalue weighted by atomic mass is 19.1. The predicted octanol–water partition coefficient (Wildman–Crippen LogP) is 5.75. The second-order valence-corrected chi connectivity index (χ2v) is 8.24. The molecule has 7 nitrogen and oxygen atoms in total. The number of hydrogen-bond acceptors (Lipinski definition) is 5. The number of benzene rings is 3. The second kappa shape index (κ2) is 13.0. The first-order valence-corrected chi connectivity index (χ1v) is 11.5. The van der Waals surface area contributed by atoms with Crippen molar-refractivity contribution in [3.8, 4) is 0 Å². The van der Waals surface area contributed by atoms with Crippen molar-refractivity contribution in [3.63, 3.8) is 0 Å². The Morgan fingerprint density at radius 2 is 1.23 bits per heavy atom. The van der Waals surface area contributed by atoms with E-state index >= 15 is 4.39 Å². The third-order valence-corrected chi connectivity index (χ3v) is 5.75. The van der Waals surface area contributed by atoms with E-state index in [0.29, 0.717) is 6.61 Å².